The zero-order valence-electron chi connectivity index (χ0n) is 39.0. The van der Waals surface area contributed by atoms with E-state index in [1.165, 1.54) is 76.1 Å². The summed E-state index contributed by atoms with van der Waals surface area (Å²) in [5, 5.41) is 24.6. The molecule has 0 unspecified atom stereocenters. The molecular formula is C64H46N4. The van der Waals surface area contributed by atoms with Crippen LogP contribution in [0.15, 0.2) is 170 Å². The molecule has 0 atom stereocenters. The van der Waals surface area contributed by atoms with Gasteiger partial charge in [-0.3, -0.25) is 0 Å². The molecule has 0 N–H and O–H groups in total. The Balaban J connectivity index is 1.05. The molecular weight excluding hydrogens is 825 g/mol. The van der Waals surface area contributed by atoms with Crippen LogP contribution < -0.4 is 0 Å². The minimum absolute atomic E-state index is 0.174. The third kappa shape index (κ3) is 5.71. The molecule has 0 aliphatic carbocycles. The van der Waals surface area contributed by atoms with Crippen molar-refractivity contribution in [2.45, 2.75) is 52.4 Å². The average molecular weight is 871 g/mol. The molecule has 68 heavy (non-hydrogen) atoms. The summed E-state index contributed by atoms with van der Waals surface area (Å²) in [6, 6.07) is 64.2. The van der Waals surface area contributed by atoms with Crippen molar-refractivity contribution in [3.63, 3.8) is 0 Å². The number of hydrogen-bond acceptors (Lipinski definition) is 1. The molecule has 0 fully saturated rings. The maximum atomic E-state index is 10.1. The molecule has 2 aromatic heterocycles. The van der Waals surface area contributed by atoms with Gasteiger partial charge >= 0.3 is 0 Å². The normalized spacial score (nSPS) is 12.5. The minimum atomic E-state index is -0.174. The lowest BCUT2D eigenvalue weighted by atomic mass is 9.73. The van der Waals surface area contributed by atoms with Crippen molar-refractivity contribution in [3.8, 4) is 39.7 Å². The first-order chi connectivity index (χ1) is 32.9. The first-order valence-corrected chi connectivity index (χ1v) is 23.5. The lowest BCUT2D eigenvalue weighted by molar-refractivity contribution is 0.593. The molecule has 0 amide bonds. The summed E-state index contributed by atoms with van der Waals surface area (Å²) in [4.78, 5) is 3.88. The summed E-state index contributed by atoms with van der Waals surface area (Å²) < 4.78 is 4.69. The number of fused-ring (bicyclic) bond motifs is 2. The standard InChI is InChI=1S/C64H46N4/c1-63(2,3)61-50-25-23-39(45-29-42-20-21-43-30-46(66-7)35-56-60(43)59(42)55(34-45)68(56)48-16-12-9-13-17-48)32-52(50)62(64(4,5)6)49-24-22-38(31-51(49)61)44-28-41-19-18-40-26-37(36-65)27-53-57(40)58(41)54(33-44)67(53)47-14-10-8-11-15-47/h8-35H,1-6H3. The molecule has 4 heteroatoms. The highest BCUT2D eigenvalue weighted by atomic mass is 15.0. The average Bonchev–Trinajstić information content (AvgIpc) is 3.86. The van der Waals surface area contributed by atoms with E-state index >= 15 is 0 Å². The number of hydrogen-bond donors (Lipinski definition) is 0. The number of para-hydroxylation sites is 2. The predicted octanol–water partition coefficient (Wildman–Crippen LogP) is 17.7. The zero-order chi connectivity index (χ0) is 46.4. The number of aromatic nitrogens is 2. The lowest BCUT2D eigenvalue weighted by Crippen LogP contribution is -2.17. The van der Waals surface area contributed by atoms with Crippen molar-refractivity contribution >= 4 is 92.4 Å². The predicted molar refractivity (Wildman–Crippen MR) is 287 cm³/mol. The zero-order valence-corrected chi connectivity index (χ0v) is 39.0. The Labute approximate surface area is 395 Å². The maximum Gasteiger partial charge on any atom is 0.189 e. The van der Waals surface area contributed by atoms with Crippen LogP contribution in [0.2, 0.25) is 0 Å². The quantitative estimate of drug-likeness (QED) is 0.0986. The number of nitriles is 1. The first-order valence-electron chi connectivity index (χ1n) is 23.5. The van der Waals surface area contributed by atoms with Gasteiger partial charge in [-0.25, -0.2) is 4.85 Å². The maximum absolute atomic E-state index is 10.1. The van der Waals surface area contributed by atoms with Crippen molar-refractivity contribution < 1.29 is 0 Å². The molecule has 0 spiro atoms. The van der Waals surface area contributed by atoms with Gasteiger partial charge in [-0.15, -0.1) is 0 Å². The van der Waals surface area contributed by atoms with Gasteiger partial charge in [0.25, 0.3) is 0 Å². The third-order valence-electron chi connectivity index (χ3n) is 14.5. The van der Waals surface area contributed by atoms with Crippen molar-refractivity contribution in [2.24, 2.45) is 0 Å². The summed E-state index contributed by atoms with van der Waals surface area (Å²) in [6.45, 7) is 22.0. The van der Waals surface area contributed by atoms with E-state index in [4.69, 9.17) is 6.57 Å². The van der Waals surface area contributed by atoms with Crippen LogP contribution in [0.5, 0.6) is 0 Å². The smallest absolute Gasteiger partial charge is 0.189 e. The highest BCUT2D eigenvalue weighted by Gasteiger charge is 2.29. The molecule has 322 valence electrons. The molecule has 0 saturated carbocycles. The van der Waals surface area contributed by atoms with E-state index in [0.29, 0.717) is 11.3 Å². The molecule has 0 radical (unpaired) electrons. The fourth-order valence-electron chi connectivity index (χ4n) is 11.9. The van der Waals surface area contributed by atoms with Crippen LogP contribution in [0, 0.1) is 17.9 Å². The Morgan fingerprint density at radius 1 is 0.412 bits per heavy atom. The van der Waals surface area contributed by atoms with Crippen molar-refractivity contribution in [3.05, 3.63) is 198 Å². The molecule has 2 heterocycles. The van der Waals surface area contributed by atoms with Crippen LogP contribution in [-0.2, 0) is 10.8 Å². The van der Waals surface area contributed by atoms with Gasteiger partial charge in [0.1, 0.15) is 0 Å². The highest BCUT2D eigenvalue weighted by molar-refractivity contribution is 6.27. The van der Waals surface area contributed by atoms with E-state index in [9.17, 15) is 5.26 Å². The third-order valence-corrected chi connectivity index (χ3v) is 14.5. The van der Waals surface area contributed by atoms with Crippen LogP contribution in [0.4, 0.5) is 5.69 Å². The molecule has 0 saturated heterocycles. The van der Waals surface area contributed by atoms with Gasteiger partial charge in [-0.05, 0) is 172 Å². The summed E-state index contributed by atoms with van der Waals surface area (Å²) in [6.07, 6.45) is 0. The van der Waals surface area contributed by atoms with Crippen molar-refractivity contribution in [1.29, 1.82) is 5.26 Å². The Kier molecular flexibility index (Phi) is 8.23. The van der Waals surface area contributed by atoms with Crippen LogP contribution in [0.3, 0.4) is 0 Å². The van der Waals surface area contributed by atoms with Crippen LogP contribution >= 0.6 is 0 Å². The van der Waals surface area contributed by atoms with E-state index in [0.717, 1.165) is 55.3 Å². The second-order valence-corrected chi connectivity index (χ2v) is 20.8. The van der Waals surface area contributed by atoms with Crippen LogP contribution in [0.25, 0.3) is 125 Å². The van der Waals surface area contributed by atoms with E-state index in [1.54, 1.807) is 0 Å². The lowest BCUT2D eigenvalue weighted by Gasteiger charge is -2.31. The second kappa shape index (κ2) is 14.0. The molecule has 0 bridgehead atoms. The monoisotopic (exact) mass is 870 g/mol. The van der Waals surface area contributed by atoms with Gasteiger partial charge in [0.2, 0.25) is 0 Å². The highest BCUT2D eigenvalue weighted by Crippen LogP contribution is 2.49. The molecule has 11 aromatic carbocycles. The van der Waals surface area contributed by atoms with Gasteiger partial charge < -0.3 is 9.13 Å². The summed E-state index contributed by atoms with van der Waals surface area (Å²) in [7, 11) is 0. The summed E-state index contributed by atoms with van der Waals surface area (Å²) >= 11 is 0. The first kappa shape index (κ1) is 39.9. The largest absolute Gasteiger partial charge is 0.310 e. The minimum Gasteiger partial charge on any atom is -0.310 e. The molecule has 4 nitrogen and oxygen atoms in total. The Morgan fingerprint density at radius 2 is 0.824 bits per heavy atom. The molecule has 13 rings (SSSR count). The SMILES string of the molecule is [C-]#[N+]c1cc2ccc3cc(-c4ccc5c(C(C)(C)C)c6cc(-c7cc8ccc9cc(C#N)cc%10c9c8c(c7)n%10-c7ccccc7)ccc6c(C(C)(C)C)c5c4)cc4c3c2c(c1)n4-c1ccccc1. The fourth-order valence-corrected chi connectivity index (χ4v) is 11.9. The van der Waals surface area contributed by atoms with E-state index in [1.807, 2.05) is 18.2 Å². The van der Waals surface area contributed by atoms with Crippen molar-refractivity contribution in [1.82, 2.24) is 9.13 Å². The van der Waals surface area contributed by atoms with Gasteiger partial charge in [0.05, 0.1) is 34.8 Å². The molecule has 13 aromatic rings. The van der Waals surface area contributed by atoms with E-state index in [2.05, 4.69) is 213 Å². The topological polar surface area (TPSA) is 38.0 Å². The number of benzene rings is 11. The van der Waals surface area contributed by atoms with E-state index < -0.39 is 0 Å². The Bertz CT molecular complexity index is 4050. The Morgan fingerprint density at radius 3 is 1.25 bits per heavy atom. The molecule has 0 aliphatic heterocycles. The van der Waals surface area contributed by atoms with E-state index in [-0.39, 0.29) is 10.8 Å². The summed E-state index contributed by atoms with van der Waals surface area (Å²) in [5.41, 5.74) is 14.9. The van der Waals surface area contributed by atoms with Gasteiger partial charge in [-0.1, -0.05) is 126 Å². The van der Waals surface area contributed by atoms with Crippen LogP contribution in [0.1, 0.15) is 58.2 Å². The van der Waals surface area contributed by atoms with Gasteiger partial charge in [0, 0.05) is 38.4 Å². The fraction of sp³-hybridized carbons (Fsp3) is 0.125. The summed E-state index contributed by atoms with van der Waals surface area (Å²) in [5.74, 6) is 0. The van der Waals surface area contributed by atoms with Crippen molar-refractivity contribution in [2.75, 3.05) is 0 Å². The van der Waals surface area contributed by atoms with Crippen LogP contribution in [-0.4, -0.2) is 9.13 Å². The number of rotatable bonds is 4. The van der Waals surface area contributed by atoms with Gasteiger partial charge in [-0.2, -0.15) is 5.26 Å². The number of nitrogens with zero attached hydrogens (tertiary/aromatic N) is 4. The molecule has 0 aliphatic rings. The Hall–Kier alpha value is -8.44. The van der Waals surface area contributed by atoms with Gasteiger partial charge in [0.15, 0.2) is 5.69 Å². The second-order valence-electron chi connectivity index (χ2n) is 20.8.